The zero-order valence-electron chi connectivity index (χ0n) is 8.41. The van der Waals surface area contributed by atoms with Gasteiger partial charge in [0.15, 0.2) is 0 Å². The van der Waals surface area contributed by atoms with Crippen LogP contribution in [0.3, 0.4) is 0 Å². The molecule has 0 aliphatic heterocycles. The van der Waals surface area contributed by atoms with Crippen LogP contribution in [0, 0.1) is 5.82 Å². The average Bonchev–Trinajstić information content (AvgIpc) is 2.22. The minimum Gasteiger partial charge on any atom is -0.544 e. The highest BCUT2D eigenvalue weighted by molar-refractivity contribution is 7.98. The molecule has 1 aromatic carbocycles. The Morgan fingerprint density at radius 2 is 2.31 bits per heavy atom. The van der Waals surface area contributed by atoms with Gasteiger partial charge in [-0.3, -0.25) is 0 Å². The number of hydrogen-bond donors (Lipinski definition) is 1. The Labute approximate surface area is 102 Å². The quantitative estimate of drug-likeness (QED) is 0.818. The van der Waals surface area contributed by atoms with Crippen LogP contribution in [-0.4, -0.2) is 17.8 Å². The lowest BCUT2D eigenvalue weighted by Gasteiger charge is -2.09. The summed E-state index contributed by atoms with van der Waals surface area (Å²) in [4.78, 5) is 10.4. The third-order valence-corrected chi connectivity index (χ3v) is 3.45. The minimum atomic E-state index is -1.20. The molecule has 0 unspecified atom stereocenters. The van der Waals surface area contributed by atoms with Crippen LogP contribution in [-0.2, 0) is 10.5 Å². The number of rotatable bonds is 5. The summed E-state index contributed by atoms with van der Waals surface area (Å²) in [6.07, 6.45) is 0. The standard InChI is InChI=1S/C10H11ClFNO2S/c11-7-2-1-3-8(12)6(7)4-16-5-9(13)10(14)15/h1-3,9H,4-5,13H2,(H,14,15)/t9-/m1/s1. The lowest BCUT2D eigenvalue weighted by molar-refractivity contribution is -0.431. The van der Waals surface area contributed by atoms with Gasteiger partial charge in [0.05, 0.1) is 11.7 Å². The highest BCUT2D eigenvalue weighted by Crippen LogP contribution is 2.23. The van der Waals surface area contributed by atoms with Crippen molar-refractivity contribution in [3.8, 4) is 0 Å². The lowest BCUT2D eigenvalue weighted by atomic mass is 10.2. The van der Waals surface area contributed by atoms with Crippen LogP contribution in [0.1, 0.15) is 5.56 Å². The molecule has 0 aliphatic rings. The van der Waals surface area contributed by atoms with E-state index < -0.39 is 12.0 Å². The van der Waals surface area contributed by atoms with Gasteiger partial charge in [-0.1, -0.05) is 17.7 Å². The van der Waals surface area contributed by atoms with Gasteiger partial charge in [-0.15, -0.1) is 0 Å². The van der Waals surface area contributed by atoms with E-state index in [0.29, 0.717) is 16.3 Å². The molecule has 0 fully saturated rings. The molecule has 0 amide bonds. The molecule has 0 saturated carbocycles. The number of hydrogen-bond acceptors (Lipinski definition) is 3. The number of carboxylic acid groups (broad SMARTS) is 1. The van der Waals surface area contributed by atoms with Crippen LogP contribution in [0.25, 0.3) is 0 Å². The van der Waals surface area contributed by atoms with Gasteiger partial charge < -0.3 is 15.6 Å². The van der Waals surface area contributed by atoms with Crippen LogP contribution in [0.2, 0.25) is 5.02 Å². The number of benzene rings is 1. The first-order valence-electron chi connectivity index (χ1n) is 4.57. The Hall–Kier alpha value is -0.780. The number of quaternary nitrogens is 1. The van der Waals surface area contributed by atoms with Gasteiger partial charge in [-0.25, -0.2) is 4.39 Å². The monoisotopic (exact) mass is 263 g/mol. The summed E-state index contributed by atoms with van der Waals surface area (Å²) in [6, 6.07) is 3.65. The van der Waals surface area contributed by atoms with Gasteiger partial charge in [0, 0.05) is 16.3 Å². The summed E-state index contributed by atoms with van der Waals surface area (Å²) in [6.45, 7) is 0. The molecular formula is C10H11ClFNO2S. The lowest BCUT2D eigenvalue weighted by Crippen LogP contribution is -2.69. The van der Waals surface area contributed by atoms with Crippen molar-refractivity contribution in [2.24, 2.45) is 0 Å². The maximum absolute atomic E-state index is 13.3. The Bertz CT molecular complexity index is 369. The third kappa shape index (κ3) is 3.66. The minimum absolute atomic E-state index is 0.271. The normalized spacial score (nSPS) is 12.4. The molecule has 3 nitrogen and oxygen atoms in total. The molecule has 0 spiro atoms. The first-order chi connectivity index (χ1) is 7.52. The third-order valence-electron chi connectivity index (χ3n) is 1.96. The van der Waals surface area contributed by atoms with Crippen LogP contribution in [0.15, 0.2) is 18.2 Å². The van der Waals surface area contributed by atoms with E-state index in [1.54, 1.807) is 6.07 Å². The Morgan fingerprint density at radius 1 is 1.62 bits per heavy atom. The average molecular weight is 264 g/mol. The molecule has 0 radical (unpaired) electrons. The second kappa shape index (κ2) is 6.08. The van der Waals surface area contributed by atoms with E-state index in [1.807, 2.05) is 0 Å². The summed E-state index contributed by atoms with van der Waals surface area (Å²) in [5.74, 6) is -0.987. The van der Waals surface area contributed by atoms with Crippen LogP contribution in [0.4, 0.5) is 4.39 Å². The number of aliphatic carboxylic acids is 1. The van der Waals surface area contributed by atoms with E-state index in [9.17, 15) is 14.3 Å². The second-order valence-electron chi connectivity index (χ2n) is 3.23. The van der Waals surface area contributed by atoms with Gasteiger partial charge in [0.1, 0.15) is 11.9 Å². The van der Waals surface area contributed by atoms with Gasteiger partial charge >= 0.3 is 0 Å². The highest BCUT2D eigenvalue weighted by Gasteiger charge is 2.10. The molecule has 88 valence electrons. The molecule has 16 heavy (non-hydrogen) atoms. The van der Waals surface area contributed by atoms with E-state index in [0.717, 1.165) is 0 Å². The van der Waals surface area contributed by atoms with Crippen molar-refractivity contribution < 1.29 is 20.0 Å². The molecule has 1 aromatic rings. The van der Waals surface area contributed by atoms with Crippen molar-refractivity contribution in [1.29, 1.82) is 0 Å². The van der Waals surface area contributed by atoms with Crippen molar-refractivity contribution in [2.45, 2.75) is 11.8 Å². The van der Waals surface area contributed by atoms with Crippen molar-refractivity contribution >= 4 is 29.3 Å². The van der Waals surface area contributed by atoms with Crippen molar-refractivity contribution in [1.82, 2.24) is 0 Å². The second-order valence-corrected chi connectivity index (χ2v) is 4.67. The fraction of sp³-hybridized carbons (Fsp3) is 0.300. The first kappa shape index (κ1) is 13.3. The van der Waals surface area contributed by atoms with Gasteiger partial charge in [-0.05, 0) is 12.1 Å². The summed E-state index contributed by atoms with van der Waals surface area (Å²) in [7, 11) is 0. The SMILES string of the molecule is [NH3+][C@H](CSCc1c(F)cccc1Cl)C(=O)[O-]. The summed E-state index contributed by atoms with van der Waals surface area (Å²) in [5.41, 5.74) is 3.79. The predicted octanol–water partition coefficient (Wildman–Crippen LogP) is 0.0727. The number of thioether (sulfide) groups is 1. The number of carbonyl (C=O) groups is 1. The summed E-state index contributed by atoms with van der Waals surface area (Å²) in [5, 5.41) is 10.7. The Morgan fingerprint density at radius 3 is 2.88 bits per heavy atom. The Kier molecular flexibility index (Phi) is 5.05. The van der Waals surface area contributed by atoms with E-state index in [2.05, 4.69) is 5.73 Å². The molecule has 1 rings (SSSR count). The van der Waals surface area contributed by atoms with Gasteiger partial charge in [-0.2, -0.15) is 11.8 Å². The number of halogens is 2. The molecule has 0 bridgehead atoms. The molecule has 3 N–H and O–H groups in total. The van der Waals surface area contributed by atoms with E-state index in [1.165, 1.54) is 23.9 Å². The van der Waals surface area contributed by atoms with E-state index in [-0.39, 0.29) is 11.6 Å². The number of carbonyl (C=O) groups excluding carboxylic acids is 1. The smallest absolute Gasteiger partial charge is 0.134 e. The van der Waals surface area contributed by atoms with Gasteiger partial charge in [0.2, 0.25) is 0 Å². The van der Waals surface area contributed by atoms with Gasteiger partial charge in [0.25, 0.3) is 0 Å². The molecule has 1 atom stereocenters. The molecule has 0 saturated heterocycles. The molecular weight excluding hydrogens is 253 g/mol. The summed E-state index contributed by atoms with van der Waals surface area (Å²) >= 11 is 7.07. The number of carboxylic acids is 1. The molecule has 0 aliphatic carbocycles. The fourth-order valence-electron chi connectivity index (χ4n) is 1.04. The van der Waals surface area contributed by atoms with Crippen LogP contribution in [0.5, 0.6) is 0 Å². The van der Waals surface area contributed by atoms with E-state index >= 15 is 0 Å². The topological polar surface area (TPSA) is 67.8 Å². The summed E-state index contributed by atoms with van der Waals surface area (Å²) < 4.78 is 13.3. The molecule has 6 heteroatoms. The predicted molar refractivity (Wildman–Crippen MR) is 59.3 cm³/mol. The maximum Gasteiger partial charge on any atom is 0.134 e. The molecule has 0 aromatic heterocycles. The maximum atomic E-state index is 13.3. The zero-order valence-corrected chi connectivity index (χ0v) is 9.98. The van der Waals surface area contributed by atoms with Crippen molar-refractivity contribution in [2.75, 3.05) is 5.75 Å². The van der Waals surface area contributed by atoms with Crippen LogP contribution < -0.4 is 10.8 Å². The fourth-order valence-corrected chi connectivity index (χ4v) is 2.39. The van der Waals surface area contributed by atoms with Crippen molar-refractivity contribution in [3.05, 3.63) is 34.6 Å². The van der Waals surface area contributed by atoms with Crippen molar-refractivity contribution in [3.63, 3.8) is 0 Å². The van der Waals surface area contributed by atoms with E-state index in [4.69, 9.17) is 11.6 Å². The molecule has 0 heterocycles. The zero-order chi connectivity index (χ0) is 12.1. The largest absolute Gasteiger partial charge is 0.544 e. The highest BCUT2D eigenvalue weighted by atomic mass is 35.5. The first-order valence-corrected chi connectivity index (χ1v) is 6.10. The Balaban J connectivity index is 2.52. The van der Waals surface area contributed by atoms with Crippen LogP contribution >= 0.6 is 23.4 Å².